The van der Waals surface area contributed by atoms with Gasteiger partial charge >= 0.3 is 0 Å². The van der Waals surface area contributed by atoms with Crippen molar-refractivity contribution in [2.75, 3.05) is 0 Å². The lowest BCUT2D eigenvalue weighted by atomic mass is 10.1. The van der Waals surface area contributed by atoms with Crippen LogP contribution in [0, 0.1) is 12.3 Å². The quantitative estimate of drug-likeness (QED) is 0.699. The molecule has 0 aliphatic carbocycles. The van der Waals surface area contributed by atoms with Crippen molar-refractivity contribution in [3.05, 3.63) is 24.0 Å². The Morgan fingerprint density at radius 3 is 3.08 bits per heavy atom. The predicted octanol–water partition coefficient (Wildman–Crippen LogP) is 1.95. The van der Waals surface area contributed by atoms with E-state index in [1.807, 2.05) is 23.0 Å². The van der Waals surface area contributed by atoms with Gasteiger partial charge in [-0.1, -0.05) is 19.3 Å². The molecule has 0 spiro atoms. The molecule has 0 bridgehead atoms. The number of aliphatic hydroxyl groups is 1. The van der Waals surface area contributed by atoms with Crippen LogP contribution in [-0.2, 0) is 6.54 Å². The van der Waals surface area contributed by atoms with Gasteiger partial charge in [0.05, 0.1) is 12.6 Å². The van der Waals surface area contributed by atoms with E-state index in [-0.39, 0.29) is 6.10 Å². The summed E-state index contributed by atoms with van der Waals surface area (Å²) in [6.07, 6.45) is 10.4. The van der Waals surface area contributed by atoms with Crippen LogP contribution in [0.1, 0.15) is 31.4 Å². The highest BCUT2D eigenvalue weighted by molar-refractivity contribution is 5.14. The van der Waals surface area contributed by atoms with E-state index in [0.29, 0.717) is 6.54 Å². The van der Waals surface area contributed by atoms with E-state index in [1.165, 1.54) is 0 Å². The maximum atomic E-state index is 9.64. The molecule has 2 nitrogen and oxygen atoms in total. The van der Waals surface area contributed by atoms with Crippen LogP contribution in [0.15, 0.2) is 18.5 Å². The average Bonchev–Trinajstić information content (AvgIpc) is 2.54. The molecule has 1 rings (SSSR count). The summed E-state index contributed by atoms with van der Waals surface area (Å²) in [6.45, 7) is 2.63. The highest BCUT2D eigenvalue weighted by atomic mass is 16.3. The van der Waals surface area contributed by atoms with Gasteiger partial charge in [0.2, 0.25) is 0 Å². The van der Waals surface area contributed by atoms with Crippen LogP contribution in [0.3, 0.4) is 0 Å². The number of aromatic nitrogens is 1. The first-order valence-electron chi connectivity index (χ1n) is 4.55. The summed E-state index contributed by atoms with van der Waals surface area (Å²) in [4.78, 5) is 0. The molecule has 0 aliphatic rings. The van der Waals surface area contributed by atoms with Crippen molar-refractivity contribution in [2.24, 2.45) is 0 Å². The van der Waals surface area contributed by atoms with Crippen molar-refractivity contribution in [1.82, 2.24) is 4.57 Å². The van der Waals surface area contributed by atoms with Crippen LogP contribution < -0.4 is 0 Å². The Bertz CT molecular complexity index is 295. The van der Waals surface area contributed by atoms with Gasteiger partial charge in [-0.25, -0.2) is 0 Å². The minimum Gasteiger partial charge on any atom is -0.388 e. The standard InChI is InChI=1S/C11H15NO/c1-3-5-11(13)10-6-8-12(9-10)7-4-2/h2,6,8-9,11,13H,3,5,7H2,1H3. The van der Waals surface area contributed by atoms with E-state index in [1.54, 1.807) is 0 Å². The molecule has 1 aromatic heterocycles. The normalized spacial score (nSPS) is 12.4. The Balaban J connectivity index is 2.63. The first-order valence-corrected chi connectivity index (χ1v) is 4.55. The van der Waals surface area contributed by atoms with Crippen LogP contribution in [0.25, 0.3) is 0 Å². The monoisotopic (exact) mass is 177 g/mol. The lowest BCUT2D eigenvalue weighted by Crippen LogP contribution is -1.95. The van der Waals surface area contributed by atoms with Crippen LogP contribution in [0.2, 0.25) is 0 Å². The molecule has 70 valence electrons. The molecule has 1 aromatic rings. The third-order valence-electron chi connectivity index (χ3n) is 1.99. The first-order chi connectivity index (χ1) is 6.27. The molecule has 0 radical (unpaired) electrons. The van der Waals surface area contributed by atoms with Gasteiger partial charge in [0.15, 0.2) is 0 Å². The Hall–Kier alpha value is -1.20. The molecular weight excluding hydrogens is 162 g/mol. The number of aliphatic hydroxyl groups excluding tert-OH is 1. The molecular formula is C11H15NO. The highest BCUT2D eigenvalue weighted by Gasteiger charge is 2.06. The van der Waals surface area contributed by atoms with Gasteiger partial charge in [0, 0.05) is 12.4 Å². The lowest BCUT2D eigenvalue weighted by molar-refractivity contribution is 0.166. The zero-order valence-electron chi connectivity index (χ0n) is 7.90. The third kappa shape index (κ3) is 2.64. The van der Waals surface area contributed by atoms with Crippen LogP contribution in [-0.4, -0.2) is 9.67 Å². The molecule has 0 aromatic carbocycles. The SMILES string of the molecule is C#CCn1ccc(C(O)CCC)c1. The number of hydrogen-bond donors (Lipinski definition) is 1. The van der Waals surface area contributed by atoms with E-state index >= 15 is 0 Å². The van der Waals surface area contributed by atoms with Gasteiger partial charge in [-0.2, -0.15) is 0 Å². The summed E-state index contributed by atoms with van der Waals surface area (Å²) in [6, 6.07) is 1.91. The number of terminal acetylenes is 1. The molecule has 1 N–H and O–H groups in total. The smallest absolute Gasteiger partial charge is 0.0829 e. The molecule has 1 atom stereocenters. The summed E-state index contributed by atoms with van der Waals surface area (Å²) in [5, 5.41) is 9.64. The van der Waals surface area contributed by atoms with E-state index in [9.17, 15) is 5.11 Å². The van der Waals surface area contributed by atoms with E-state index in [0.717, 1.165) is 18.4 Å². The Morgan fingerprint density at radius 1 is 1.69 bits per heavy atom. The molecule has 2 heteroatoms. The number of nitrogens with zero attached hydrogens (tertiary/aromatic N) is 1. The van der Waals surface area contributed by atoms with Crippen molar-refractivity contribution in [3.63, 3.8) is 0 Å². The Labute approximate surface area is 79.2 Å². The van der Waals surface area contributed by atoms with Crippen molar-refractivity contribution >= 4 is 0 Å². The maximum absolute atomic E-state index is 9.64. The third-order valence-corrected chi connectivity index (χ3v) is 1.99. The molecule has 1 heterocycles. The minimum atomic E-state index is -0.343. The second-order valence-electron chi connectivity index (χ2n) is 3.13. The van der Waals surface area contributed by atoms with Crippen LogP contribution in [0.5, 0.6) is 0 Å². The molecule has 0 amide bonds. The number of rotatable bonds is 4. The predicted molar refractivity (Wildman–Crippen MR) is 53.1 cm³/mol. The second-order valence-corrected chi connectivity index (χ2v) is 3.13. The second kappa shape index (κ2) is 4.74. The minimum absolute atomic E-state index is 0.343. The Kier molecular flexibility index (Phi) is 3.60. The molecule has 0 fully saturated rings. The summed E-state index contributed by atoms with van der Waals surface area (Å²) >= 11 is 0. The molecule has 13 heavy (non-hydrogen) atoms. The molecule has 1 unspecified atom stereocenters. The average molecular weight is 177 g/mol. The molecule has 0 saturated heterocycles. The summed E-state index contributed by atoms with van der Waals surface area (Å²) in [5.74, 6) is 2.55. The topological polar surface area (TPSA) is 25.2 Å². The van der Waals surface area contributed by atoms with E-state index < -0.39 is 0 Å². The largest absolute Gasteiger partial charge is 0.388 e. The van der Waals surface area contributed by atoms with Gasteiger partial charge in [-0.05, 0) is 18.1 Å². The Morgan fingerprint density at radius 2 is 2.46 bits per heavy atom. The van der Waals surface area contributed by atoms with Crippen molar-refractivity contribution in [3.8, 4) is 12.3 Å². The van der Waals surface area contributed by atoms with Crippen molar-refractivity contribution in [2.45, 2.75) is 32.4 Å². The summed E-state index contributed by atoms with van der Waals surface area (Å²) < 4.78 is 1.90. The fourth-order valence-electron chi connectivity index (χ4n) is 1.30. The zero-order valence-corrected chi connectivity index (χ0v) is 7.90. The van der Waals surface area contributed by atoms with Gasteiger partial charge in [0.1, 0.15) is 0 Å². The zero-order chi connectivity index (χ0) is 9.68. The van der Waals surface area contributed by atoms with Gasteiger partial charge in [-0.3, -0.25) is 0 Å². The molecule has 0 saturated carbocycles. The summed E-state index contributed by atoms with van der Waals surface area (Å²) in [5.41, 5.74) is 0.956. The fourth-order valence-corrected chi connectivity index (χ4v) is 1.30. The van der Waals surface area contributed by atoms with Crippen LogP contribution >= 0.6 is 0 Å². The molecule has 0 aliphatic heterocycles. The fraction of sp³-hybridized carbons (Fsp3) is 0.455. The van der Waals surface area contributed by atoms with Gasteiger partial charge in [0.25, 0.3) is 0 Å². The van der Waals surface area contributed by atoms with Crippen molar-refractivity contribution in [1.29, 1.82) is 0 Å². The van der Waals surface area contributed by atoms with E-state index in [4.69, 9.17) is 6.42 Å². The van der Waals surface area contributed by atoms with Crippen LogP contribution in [0.4, 0.5) is 0 Å². The summed E-state index contributed by atoms with van der Waals surface area (Å²) in [7, 11) is 0. The van der Waals surface area contributed by atoms with Gasteiger partial charge in [-0.15, -0.1) is 6.42 Å². The lowest BCUT2D eigenvalue weighted by Gasteiger charge is -2.05. The van der Waals surface area contributed by atoms with Crippen molar-refractivity contribution < 1.29 is 5.11 Å². The number of hydrogen-bond acceptors (Lipinski definition) is 1. The maximum Gasteiger partial charge on any atom is 0.0829 e. The van der Waals surface area contributed by atoms with E-state index in [2.05, 4.69) is 12.8 Å². The van der Waals surface area contributed by atoms with Gasteiger partial charge < -0.3 is 9.67 Å². The first kappa shape index (κ1) is 9.88. The highest BCUT2D eigenvalue weighted by Crippen LogP contribution is 2.17.